The summed E-state index contributed by atoms with van der Waals surface area (Å²) in [5.74, 6) is 0. The molecule has 0 amide bonds. The Morgan fingerprint density at radius 3 is 2.15 bits per heavy atom. The minimum atomic E-state index is 0.240. The molecule has 0 aliphatic carbocycles. The van der Waals surface area contributed by atoms with Crippen molar-refractivity contribution in [3.63, 3.8) is 0 Å². The van der Waals surface area contributed by atoms with E-state index in [4.69, 9.17) is 0 Å². The van der Waals surface area contributed by atoms with Crippen molar-refractivity contribution in [3.05, 3.63) is 35.9 Å². The lowest BCUT2D eigenvalue weighted by molar-refractivity contribution is -0.0287. The van der Waals surface area contributed by atoms with E-state index >= 15 is 0 Å². The summed E-state index contributed by atoms with van der Waals surface area (Å²) in [6.45, 7) is 16.3. The van der Waals surface area contributed by atoms with Gasteiger partial charge in [0.05, 0.1) is 0 Å². The average Bonchev–Trinajstić information content (AvgIpc) is 2.37. The van der Waals surface area contributed by atoms with Crippen molar-refractivity contribution < 1.29 is 0 Å². The van der Waals surface area contributed by atoms with Gasteiger partial charge in [-0.3, -0.25) is 9.80 Å². The quantitative estimate of drug-likeness (QED) is 0.806. The lowest BCUT2D eigenvalue weighted by atomic mass is 9.93. The van der Waals surface area contributed by atoms with Crippen LogP contribution in [0.3, 0.4) is 0 Å². The smallest absolute Gasteiger partial charge is 0.0481 e. The van der Waals surface area contributed by atoms with Crippen molar-refractivity contribution in [3.8, 4) is 0 Å². The zero-order valence-corrected chi connectivity index (χ0v) is 13.9. The van der Waals surface area contributed by atoms with E-state index in [1.807, 2.05) is 0 Å². The summed E-state index contributed by atoms with van der Waals surface area (Å²) in [6, 6.07) is 12.7. The molecule has 0 radical (unpaired) electrons. The van der Waals surface area contributed by atoms with Crippen LogP contribution in [-0.4, -0.2) is 40.5 Å². The summed E-state index contributed by atoms with van der Waals surface area (Å²) < 4.78 is 0. The predicted octanol–water partition coefficient (Wildman–Crippen LogP) is 3.94. The Morgan fingerprint density at radius 1 is 1.05 bits per heavy atom. The van der Waals surface area contributed by atoms with Gasteiger partial charge in [-0.15, -0.1) is 0 Å². The van der Waals surface area contributed by atoms with E-state index in [-0.39, 0.29) is 5.54 Å². The van der Waals surface area contributed by atoms with Crippen LogP contribution in [0.15, 0.2) is 30.3 Å². The van der Waals surface area contributed by atoms with Gasteiger partial charge in [0.25, 0.3) is 0 Å². The SMILES string of the molecule is CC(C)N1C(C)CN(C(C)(C)C)CC1c1ccccc1. The van der Waals surface area contributed by atoms with Crippen molar-refractivity contribution in [1.29, 1.82) is 0 Å². The third-order valence-corrected chi connectivity index (χ3v) is 4.48. The van der Waals surface area contributed by atoms with Gasteiger partial charge in [-0.1, -0.05) is 30.3 Å². The van der Waals surface area contributed by atoms with Gasteiger partial charge >= 0.3 is 0 Å². The van der Waals surface area contributed by atoms with Gasteiger partial charge in [-0.25, -0.2) is 0 Å². The zero-order valence-electron chi connectivity index (χ0n) is 13.9. The van der Waals surface area contributed by atoms with E-state index in [0.29, 0.717) is 18.1 Å². The molecule has 0 spiro atoms. The molecular formula is C18H30N2. The highest BCUT2D eigenvalue weighted by Gasteiger charge is 2.37. The van der Waals surface area contributed by atoms with E-state index in [9.17, 15) is 0 Å². The molecule has 0 saturated carbocycles. The first-order valence-corrected chi connectivity index (χ1v) is 7.88. The monoisotopic (exact) mass is 274 g/mol. The Hall–Kier alpha value is -0.860. The molecule has 0 N–H and O–H groups in total. The number of benzene rings is 1. The van der Waals surface area contributed by atoms with Gasteiger partial charge in [0.1, 0.15) is 0 Å². The van der Waals surface area contributed by atoms with E-state index in [1.54, 1.807) is 0 Å². The summed E-state index contributed by atoms with van der Waals surface area (Å²) in [5, 5.41) is 0. The molecule has 2 heteroatoms. The van der Waals surface area contributed by atoms with Crippen LogP contribution in [0.4, 0.5) is 0 Å². The normalized spacial score (nSPS) is 26.1. The molecule has 1 saturated heterocycles. The number of rotatable bonds is 2. The first-order chi connectivity index (χ1) is 9.30. The molecule has 1 heterocycles. The van der Waals surface area contributed by atoms with Gasteiger partial charge in [-0.2, -0.15) is 0 Å². The Kier molecular flexibility index (Phi) is 4.55. The molecule has 1 fully saturated rings. The van der Waals surface area contributed by atoms with Crippen LogP contribution < -0.4 is 0 Å². The highest BCUT2D eigenvalue weighted by molar-refractivity contribution is 5.21. The highest BCUT2D eigenvalue weighted by Crippen LogP contribution is 2.33. The summed E-state index contributed by atoms with van der Waals surface area (Å²) in [5.41, 5.74) is 1.69. The summed E-state index contributed by atoms with van der Waals surface area (Å²) in [6.07, 6.45) is 0. The van der Waals surface area contributed by atoms with Crippen molar-refractivity contribution in [1.82, 2.24) is 9.80 Å². The highest BCUT2D eigenvalue weighted by atomic mass is 15.3. The van der Waals surface area contributed by atoms with Crippen LogP contribution in [0, 0.1) is 0 Å². The number of piperazine rings is 1. The maximum Gasteiger partial charge on any atom is 0.0481 e. The van der Waals surface area contributed by atoms with E-state index in [0.717, 1.165) is 13.1 Å². The van der Waals surface area contributed by atoms with Crippen LogP contribution in [0.5, 0.6) is 0 Å². The topological polar surface area (TPSA) is 6.48 Å². The molecule has 1 aliphatic heterocycles. The summed E-state index contributed by atoms with van der Waals surface area (Å²) in [7, 11) is 0. The molecule has 2 atom stereocenters. The second kappa shape index (κ2) is 5.87. The number of nitrogens with zero attached hydrogens (tertiary/aromatic N) is 2. The molecule has 2 nitrogen and oxygen atoms in total. The Morgan fingerprint density at radius 2 is 1.65 bits per heavy atom. The molecule has 2 unspecified atom stereocenters. The van der Waals surface area contributed by atoms with Crippen LogP contribution in [-0.2, 0) is 0 Å². The van der Waals surface area contributed by atoms with E-state index in [1.165, 1.54) is 5.56 Å². The lowest BCUT2D eigenvalue weighted by Gasteiger charge is -2.51. The molecule has 112 valence electrons. The Bertz CT molecular complexity index is 419. The van der Waals surface area contributed by atoms with Gasteiger partial charge in [0.2, 0.25) is 0 Å². The average molecular weight is 274 g/mol. The molecule has 0 bridgehead atoms. The second-order valence-electron chi connectivity index (χ2n) is 7.39. The fourth-order valence-corrected chi connectivity index (χ4v) is 3.47. The molecule has 1 aliphatic rings. The lowest BCUT2D eigenvalue weighted by Crippen LogP contribution is -2.59. The Labute approximate surface area is 124 Å². The van der Waals surface area contributed by atoms with Gasteiger partial charge in [-0.05, 0) is 47.1 Å². The fraction of sp³-hybridized carbons (Fsp3) is 0.667. The fourth-order valence-electron chi connectivity index (χ4n) is 3.47. The van der Waals surface area contributed by atoms with Crippen molar-refractivity contribution in [2.75, 3.05) is 13.1 Å². The molecular weight excluding hydrogens is 244 g/mol. The van der Waals surface area contributed by atoms with Crippen LogP contribution in [0.1, 0.15) is 53.1 Å². The summed E-state index contributed by atoms with van der Waals surface area (Å²) in [4.78, 5) is 5.31. The van der Waals surface area contributed by atoms with Crippen LogP contribution >= 0.6 is 0 Å². The molecule has 2 rings (SSSR count). The van der Waals surface area contributed by atoms with Crippen LogP contribution in [0.2, 0.25) is 0 Å². The minimum absolute atomic E-state index is 0.240. The molecule has 1 aromatic rings. The standard InChI is InChI=1S/C18H30N2/c1-14(2)20-15(3)12-19(18(4,5)6)13-17(20)16-10-8-7-9-11-16/h7-11,14-15,17H,12-13H2,1-6H3. The van der Waals surface area contributed by atoms with Gasteiger partial charge in [0, 0.05) is 36.8 Å². The van der Waals surface area contributed by atoms with Crippen molar-refractivity contribution in [2.24, 2.45) is 0 Å². The van der Waals surface area contributed by atoms with Crippen molar-refractivity contribution in [2.45, 2.75) is 65.2 Å². The first kappa shape index (κ1) is 15.5. The van der Waals surface area contributed by atoms with E-state index < -0.39 is 0 Å². The third-order valence-electron chi connectivity index (χ3n) is 4.48. The Balaban J connectivity index is 2.32. The zero-order chi connectivity index (χ0) is 14.9. The molecule has 1 aromatic carbocycles. The van der Waals surface area contributed by atoms with Gasteiger partial charge in [0.15, 0.2) is 0 Å². The third kappa shape index (κ3) is 3.24. The largest absolute Gasteiger partial charge is 0.295 e. The van der Waals surface area contributed by atoms with E-state index in [2.05, 4.69) is 81.7 Å². The maximum absolute atomic E-state index is 2.68. The van der Waals surface area contributed by atoms with Gasteiger partial charge < -0.3 is 0 Å². The number of hydrogen-bond acceptors (Lipinski definition) is 2. The molecule has 20 heavy (non-hydrogen) atoms. The molecule has 0 aromatic heterocycles. The number of hydrogen-bond donors (Lipinski definition) is 0. The summed E-state index contributed by atoms with van der Waals surface area (Å²) >= 11 is 0. The second-order valence-corrected chi connectivity index (χ2v) is 7.39. The predicted molar refractivity (Wildman–Crippen MR) is 86.9 cm³/mol. The minimum Gasteiger partial charge on any atom is -0.295 e. The maximum atomic E-state index is 2.68. The van der Waals surface area contributed by atoms with Crippen LogP contribution in [0.25, 0.3) is 0 Å². The first-order valence-electron chi connectivity index (χ1n) is 7.88. The van der Waals surface area contributed by atoms with Crippen molar-refractivity contribution >= 4 is 0 Å².